The highest BCUT2D eigenvalue weighted by atomic mass is 127. The highest BCUT2D eigenvalue weighted by Crippen LogP contribution is 2.28. The van der Waals surface area contributed by atoms with Crippen LogP contribution >= 0.6 is 34.2 Å². The van der Waals surface area contributed by atoms with Crippen molar-refractivity contribution < 1.29 is 8.78 Å². The topological polar surface area (TPSA) is 51.6 Å². The van der Waals surface area contributed by atoms with Crippen molar-refractivity contribution in [3.05, 3.63) is 56.6 Å². The fourth-order valence-electron chi connectivity index (χ4n) is 1.85. The summed E-state index contributed by atoms with van der Waals surface area (Å²) in [5.41, 5.74) is 0.216. The fourth-order valence-corrected chi connectivity index (χ4v) is 2.81. The van der Waals surface area contributed by atoms with E-state index in [0.29, 0.717) is 3.57 Å². The summed E-state index contributed by atoms with van der Waals surface area (Å²) in [4.78, 5) is 0. The first-order chi connectivity index (χ1) is 10.6. The molecule has 8 heteroatoms. The van der Waals surface area contributed by atoms with Gasteiger partial charge in [0.1, 0.15) is 11.6 Å². The zero-order chi connectivity index (χ0) is 15.7. The normalized spacial score (nSPS) is 10.7. The van der Waals surface area contributed by atoms with Crippen molar-refractivity contribution >= 4 is 34.2 Å². The molecule has 0 N–H and O–H groups in total. The molecule has 22 heavy (non-hydrogen) atoms. The Morgan fingerprint density at radius 3 is 1.82 bits per heavy atom. The summed E-state index contributed by atoms with van der Waals surface area (Å²) in [5, 5.41) is 15.4. The van der Waals surface area contributed by atoms with E-state index in [4.69, 9.17) is 11.6 Å². The molecule has 3 aromatic rings. The molecule has 2 aromatic carbocycles. The lowest BCUT2D eigenvalue weighted by atomic mass is 10.2. The molecular weight excluding hydrogens is 425 g/mol. The average Bonchev–Trinajstić information content (AvgIpc) is 2.48. The number of halogens is 4. The van der Waals surface area contributed by atoms with Crippen LogP contribution in [0.1, 0.15) is 0 Å². The Morgan fingerprint density at radius 2 is 1.27 bits per heavy atom. The summed E-state index contributed by atoms with van der Waals surface area (Å²) in [7, 11) is 0. The van der Waals surface area contributed by atoms with Crippen LogP contribution in [0.5, 0.6) is 0 Å². The molecule has 0 radical (unpaired) electrons. The third-order valence-electron chi connectivity index (χ3n) is 2.85. The van der Waals surface area contributed by atoms with Gasteiger partial charge in [0.05, 0.1) is 16.1 Å². The lowest BCUT2D eigenvalue weighted by Gasteiger charge is -2.05. The van der Waals surface area contributed by atoms with Crippen LogP contribution in [0, 0.1) is 15.2 Å². The van der Waals surface area contributed by atoms with Crippen LogP contribution in [0.3, 0.4) is 0 Å². The molecule has 1 heterocycles. The van der Waals surface area contributed by atoms with Crippen molar-refractivity contribution in [2.75, 3.05) is 0 Å². The van der Waals surface area contributed by atoms with Gasteiger partial charge >= 0.3 is 0 Å². The summed E-state index contributed by atoms with van der Waals surface area (Å²) in [5.74, 6) is -1.09. The number of nitrogens with zero attached hydrogens (tertiary/aromatic N) is 4. The van der Waals surface area contributed by atoms with Crippen LogP contribution < -0.4 is 0 Å². The van der Waals surface area contributed by atoms with Crippen LogP contribution in [0.15, 0.2) is 36.4 Å². The van der Waals surface area contributed by atoms with Crippen LogP contribution in [0.25, 0.3) is 22.8 Å². The van der Waals surface area contributed by atoms with E-state index in [1.54, 1.807) is 12.1 Å². The van der Waals surface area contributed by atoms with E-state index in [2.05, 4.69) is 20.4 Å². The van der Waals surface area contributed by atoms with E-state index in [0.717, 1.165) is 0 Å². The van der Waals surface area contributed by atoms with Gasteiger partial charge in [0.2, 0.25) is 11.6 Å². The van der Waals surface area contributed by atoms with Gasteiger partial charge in [-0.3, -0.25) is 0 Å². The standard InChI is InChI=1S/C14H6ClF2IN4/c15-7-3-1-4-8(16)11(7)13-19-21-14(22-20-13)12-9(17)5-2-6-10(12)18/h1-6H. The summed E-state index contributed by atoms with van der Waals surface area (Å²) in [6.45, 7) is 0. The molecule has 110 valence electrons. The zero-order valence-electron chi connectivity index (χ0n) is 10.8. The molecular formula is C14H6ClF2IN4. The van der Waals surface area contributed by atoms with Gasteiger partial charge in [0.25, 0.3) is 0 Å². The molecule has 0 fully saturated rings. The van der Waals surface area contributed by atoms with Crippen LogP contribution in [0.2, 0.25) is 5.02 Å². The monoisotopic (exact) mass is 430 g/mol. The van der Waals surface area contributed by atoms with Gasteiger partial charge in [0, 0.05) is 3.57 Å². The average molecular weight is 431 g/mol. The third kappa shape index (κ3) is 2.78. The van der Waals surface area contributed by atoms with Crippen molar-refractivity contribution in [2.45, 2.75) is 0 Å². The van der Waals surface area contributed by atoms with Gasteiger partial charge in [-0.25, -0.2) is 8.78 Å². The second-order valence-electron chi connectivity index (χ2n) is 4.24. The Labute approximate surface area is 142 Å². The predicted octanol–water partition coefficient (Wildman–Crippen LogP) is 4.14. The molecule has 0 aliphatic carbocycles. The Kier molecular flexibility index (Phi) is 4.25. The Balaban J connectivity index is 2.08. The maximum atomic E-state index is 13.9. The van der Waals surface area contributed by atoms with Crippen molar-refractivity contribution in [2.24, 2.45) is 0 Å². The first-order valence-electron chi connectivity index (χ1n) is 6.04. The second-order valence-corrected chi connectivity index (χ2v) is 5.81. The van der Waals surface area contributed by atoms with E-state index in [1.165, 1.54) is 24.3 Å². The second kappa shape index (κ2) is 6.17. The number of benzene rings is 2. The van der Waals surface area contributed by atoms with Gasteiger partial charge in [0.15, 0.2) is 0 Å². The Bertz CT molecular complexity index is 732. The number of rotatable bonds is 2. The summed E-state index contributed by atoms with van der Waals surface area (Å²) >= 11 is 7.90. The number of aromatic nitrogens is 4. The van der Waals surface area contributed by atoms with Crippen LogP contribution in [-0.4, -0.2) is 20.4 Å². The minimum absolute atomic E-state index is 0.0129. The molecule has 0 spiro atoms. The molecule has 0 amide bonds. The molecule has 0 aliphatic heterocycles. The van der Waals surface area contributed by atoms with E-state index in [-0.39, 0.29) is 27.8 Å². The minimum Gasteiger partial charge on any atom is -0.206 e. The first kappa shape index (κ1) is 15.2. The van der Waals surface area contributed by atoms with Crippen LogP contribution in [0.4, 0.5) is 8.78 Å². The van der Waals surface area contributed by atoms with Gasteiger partial charge in [-0.15, -0.1) is 20.4 Å². The largest absolute Gasteiger partial charge is 0.208 e. The molecule has 4 nitrogen and oxygen atoms in total. The Hall–Kier alpha value is -1.74. The van der Waals surface area contributed by atoms with Gasteiger partial charge in [-0.2, -0.15) is 0 Å². The minimum atomic E-state index is -0.579. The summed E-state index contributed by atoms with van der Waals surface area (Å²) in [6.07, 6.45) is 0. The fraction of sp³-hybridized carbons (Fsp3) is 0. The predicted molar refractivity (Wildman–Crippen MR) is 86.1 cm³/mol. The van der Waals surface area contributed by atoms with Crippen molar-refractivity contribution in [3.63, 3.8) is 0 Å². The van der Waals surface area contributed by atoms with Gasteiger partial charge in [-0.05, 0) is 46.9 Å². The quantitative estimate of drug-likeness (QED) is 0.574. The smallest absolute Gasteiger partial charge is 0.206 e. The molecule has 0 unspecified atom stereocenters. The molecule has 0 aliphatic rings. The van der Waals surface area contributed by atoms with Gasteiger partial charge < -0.3 is 0 Å². The van der Waals surface area contributed by atoms with Crippen LogP contribution in [-0.2, 0) is 0 Å². The lowest BCUT2D eigenvalue weighted by molar-refractivity contribution is 0.625. The third-order valence-corrected chi connectivity index (χ3v) is 4.07. The zero-order valence-corrected chi connectivity index (χ0v) is 13.7. The lowest BCUT2D eigenvalue weighted by Crippen LogP contribution is -2.03. The number of hydrogen-bond donors (Lipinski definition) is 0. The van der Waals surface area contributed by atoms with E-state index in [1.807, 2.05) is 22.6 Å². The summed E-state index contributed by atoms with van der Waals surface area (Å²) in [6, 6.07) is 8.80. The summed E-state index contributed by atoms with van der Waals surface area (Å²) < 4.78 is 28.3. The molecule has 0 saturated heterocycles. The molecule has 0 saturated carbocycles. The maximum absolute atomic E-state index is 13.9. The first-order valence-corrected chi connectivity index (χ1v) is 7.50. The molecule has 0 bridgehead atoms. The molecule has 1 aromatic heterocycles. The highest BCUT2D eigenvalue weighted by Gasteiger charge is 2.17. The molecule has 3 rings (SSSR count). The SMILES string of the molecule is Fc1cccc(Cl)c1-c1nnc(-c2c(F)cccc2I)nn1. The Morgan fingerprint density at radius 1 is 0.773 bits per heavy atom. The van der Waals surface area contributed by atoms with E-state index < -0.39 is 11.6 Å². The highest BCUT2D eigenvalue weighted by molar-refractivity contribution is 14.1. The van der Waals surface area contributed by atoms with Crippen molar-refractivity contribution in [3.8, 4) is 22.8 Å². The van der Waals surface area contributed by atoms with E-state index >= 15 is 0 Å². The van der Waals surface area contributed by atoms with Crippen molar-refractivity contribution in [1.29, 1.82) is 0 Å². The maximum Gasteiger partial charge on any atom is 0.208 e. The van der Waals surface area contributed by atoms with Crippen molar-refractivity contribution in [1.82, 2.24) is 20.4 Å². The number of hydrogen-bond acceptors (Lipinski definition) is 4. The van der Waals surface area contributed by atoms with E-state index in [9.17, 15) is 8.78 Å². The van der Waals surface area contributed by atoms with Gasteiger partial charge in [-0.1, -0.05) is 23.7 Å². The molecule has 0 atom stereocenters.